The fourth-order valence-corrected chi connectivity index (χ4v) is 4.05. The Labute approximate surface area is 237 Å². The van der Waals surface area contributed by atoms with E-state index >= 15 is 0 Å². The van der Waals surface area contributed by atoms with Crippen molar-refractivity contribution in [3.05, 3.63) is 89.1 Å². The molecule has 0 spiro atoms. The number of hydrogen-bond acceptors (Lipinski definition) is 5. The number of aromatic nitrogens is 3. The molecule has 204 valence electrons. The molecule has 10 heteroatoms. The minimum absolute atomic E-state index is 0.159. The van der Waals surface area contributed by atoms with Gasteiger partial charge in [-0.15, -0.1) is 0 Å². The van der Waals surface area contributed by atoms with Gasteiger partial charge in [-0.25, -0.2) is 9.67 Å². The maximum atomic E-state index is 13.5. The van der Waals surface area contributed by atoms with Crippen LogP contribution in [0.2, 0.25) is 5.02 Å². The molecule has 0 aliphatic heterocycles. The Morgan fingerprint density at radius 2 is 1.65 bits per heavy atom. The van der Waals surface area contributed by atoms with E-state index in [0.717, 1.165) is 12.8 Å². The molecule has 4 aromatic rings. The number of para-hydroxylation sites is 1. The molecule has 9 nitrogen and oxygen atoms in total. The van der Waals surface area contributed by atoms with E-state index in [4.69, 9.17) is 11.6 Å². The van der Waals surface area contributed by atoms with Gasteiger partial charge in [0.1, 0.15) is 11.6 Å². The molecule has 2 aromatic heterocycles. The summed E-state index contributed by atoms with van der Waals surface area (Å²) >= 11 is 6.45. The second kappa shape index (κ2) is 10.9. The largest absolute Gasteiger partial charge is 0.348 e. The van der Waals surface area contributed by atoms with Crippen molar-refractivity contribution in [2.24, 2.45) is 5.41 Å². The molecule has 0 saturated heterocycles. The van der Waals surface area contributed by atoms with Gasteiger partial charge < -0.3 is 16.0 Å². The Bertz CT molecular complexity index is 1590. The van der Waals surface area contributed by atoms with Crippen LogP contribution in [-0.2, 0) is 4.79 Å². The van der Waals surface area contributed by atoms with Crippen LogP contribution in [0.5, 0.6) is 0 Å². The van der Waals surface area contributed by atoms with Gasteiger partial charge in [-0.3, -0.25) is 14.4 Å². The Kier molecular flexibility index (Phi) is 7.40. The number of benzene rings is 2. The van der Waals surface area contributed by atoms with Gasteiger partial charge in [-0.05, 0) is 49.2 Å². The average Bonchev–Trinajstić information content (AvgIpc) is 3.64. The minimum Gasteiger partial charge on any atom is -0.348 e. The van der Waals surface area contributed by atoms with Gasteiger partial charge in [0.15, 0.2) is 5.69 Å². The molecule has 0 radical (unpaired) electrons. The molecule has 1 aliphatic rings. The summed E-state index contributed by atoms with van der Waals surface area (Å²) in [6, 6.07) is 21.2. The Morgan fingerprint density at radius 1 is 0.900 bits per heavy atom. The van der Waals surface area contributed by atoms with Crippen LogP contribution in [-0.4, -0.2) is 38.5 Å². The number of nitrogens with one attached hydrogen (secondary N) is 3. The number of amides is 3. The van der Waals surface area contributed by atoms with Crippen molar-refractivity contribution in [3.63, 3.8) is 0 Å². The highest BCUT2D eigenvalue weighted by Gasteiger charge is 2.26. The molecular weight excluding hydrogens is 528 g/mol. The van der Waals surface area contributed by atoms with Crippen molar-refractivity contribution in [2.45, 2.75) is 39.7 Å². The predicted molar refractivity (Wildman–Crippen MR) is 155 cm³/mol. The van der Waals surface area contributed by atoms with Crippen molar-refractivity contribution in [1.29, 1.82) is 0 Å². The molecule has 3 amide bonds. The van der Waals surface area contributed by atoms with Crippen LogP contribution in [0, 0.1) is 5.41 Å². The smallest absolute Gasteiger partial charge is 0.272 e. The Balaban J connectivity index is 1.42. The van der Waals surface area contributed by atoms with Crippen LogP contribution in [0.25, 0.3) is 16.9 Å². The molecule has 1 fully saturated rings. The fourth-order valence-electron chi connectivity index (χ4n) is 3.85. The van der Waals surface area contributed by atoms with Crippen LogP contribution < -0.4 is 16.0 Å². The highest BCUT2D eigenvalue weighted by Crippen LogP contribution is 2.27. The van der Waals surface area contributed by atoms with E-state index < -0.39 is 11.3 Å². The number of rotatable bonds is 7. The number of carbonyl (C=O) groups excluding carboxylic acids is 3. The molecule has 0 atom stereocenters. The third-order valence-electron chi connectivity index (χ3n) is 6.28. The summed E-state index contributed by atoms with van der Waals surface area (Å²) in [5.41, 5.74) is 1.72. The first-order chi connectivity index (χ1) is 19.1. The van der Waals surface area contributed by atoms with E-state index in [1.165, 1.54) is 4.68 Å². The molecule has 2 aromatic carbocycles. The zero-order chi connectivity index (χ0) is 28.4. The summed E-state index contributed by atoms with van der Waals surface area (Å²) in [6.45, 7) is 5.47. The van der Waals surface area contributed by atoms with Crippen LogP contribution in [0.4, 0.5) is 11.6 Å². The van der Waals surface area contributed by atoms with Gasteiger partial charge in [-0.1, -0.05) is 62.7 Å². The molecule has 1 aliphatic carbocycles. The Hall–Kier alpha value is -4.50. The maximum absolute atomic E-state index is 13.5. The lowest BCUT2D eigenvalue weighted by Gasteiger charge is -2.17. The summed E-state index contributed by atoms with van der Waals surface area (Å²) in [5, 5.41) is 13.3. The molecule has 2 heterocycles. The number of hydrogen-bond donors (Lipinski definition) is 3. The summed E-state index contributed by atoms with van der Waals surface area (Å²) in [7, 11) is 0. The number of nitrogens with zero attached hydrogens (tertiary/aromatic N) is 3. The predicted octanol–water partition coefficient (Wildman–Crippen LogP) is 5.72. The SMILES string of the molecule is CC(C)(C)C(=O)Nc1cccc(-c2ccc(Cl)c(C(=O)Nc3cc(C(=O)NC4CC4)nn3-c3ccccc3)c2)n1. The number of halogens is 1. The molecular formula is C30H29ClN6O3. The number of pyridine rings is 1. The highest BCUT2D eigenvalue weighted by atomic mass is 35.5. The van der Waals surface area contributed by atoms with E-state index in [2.05, 4.69) is 26.0 Å². The third kappa shape index (κ3) is 6.21. The summed E-state index contributed by atoms with van der Waals surface area (Å²) in [6.07, 6.45) is 1.90. The van der Waals surface area contributed by atoms with E-state index in [1.807, 2.05) is 51.1 Å². The van der Waals surface area contributed by atoms with Crippen LogP contribution in [0.15, 0.2) is 72.8 Å². The summed E-state index contributed by atoms with van der Waals surface area (Å²) < 4.78 is 1.51. The molecule has 0 bridgehead atoms. The van der Waals surface area contributed by atoms with Crippen molar-refractivity contribution < 1.29 is 14.4 Å². The normalized spacial score (nSPS) is 13.0. The van der Waals surface area contributed by atoms with E-state index in [9.17, 15) is 14.4 Å². The van der Waals surface area contributed by atoms with Crippen molar-refractivity contribution in [3.8, 4) is 16.9 Å². The van der Waals surface area contributed by atoms with Gasteiger partial charge in [-0.2, -0.15) is 5.10 Å². The van der Waals surface area contributed by atoms with Gasteiger partial charge in [0.2, 0.25) is 5.91 Å². The summed E-state index contributed by atoms with van der Waals surface area (Å²) in [5.74, 6) is -0.202. The lowest BCUT2D eigenvalue weighted by atomic mass is 9.96. The first kappa shape index (κ1) is 27.1. The number of carbonyl (C=O) groups is 3. The fraction of sp³-hybridized carbons (Fsp3) is 0.233. The average molecular weight is 557 g/mol. The van der Waals surface area contributed by atoms with Gasteiger partial charge >= 0.3 is 0 Å². The molecule has 0 unspecified atom stereocenters. The lowest BCUT2D eigenvalue weighted by Crippen LogP contribution is -2.28. The maximum Gasteiger partial charge on any atom is 0.272 e. The Morgan fingerprint density at radius 3 is 2.35 bits per heavy atom. The second-order valence-corrected chi connectivity index (χ2v) is 11.1. The molecule has 3 N–H and O–H groups in total. The first-order valence-corrected chi connectivity index (χ1v) is 13.3. The van der Waals surface area contributed by atoms with Gasteiger partial charge in [0.05, 0.1) is 22.0 Å². The second-order valence-electron chi connectivity index (χ2n) is 10.7. The lowest BCUT2D eigenvalue weighted by molar-refractivity contribution is -0.123. The minimum atomic E-state index is -0.575. The van der Waals surface area contributed by atoms with E-state index in [1.54, 1.807) is 42.5 Å². The van der Waals surface area contributed by atoms with Gasteiger partial charge in [0.25, 0.3) is 11.8 Å². The highest BCUT2D eigenvalue weighted by molar-refractivity contribution is 6.34. The monoisotopic (exact) mass is 556 g/mol. The standard InChI is InChI=1S/C30H29ClN6O3/c1-30(2,3)29(40)34-25-11-7-10-23(33-25)18-12-15-22(31)21(16-18)27(38)35-26-17-24(28(39)32-19-13-14-19)36-37(26)20-8-5-4-6-9-20/h4-12,15-17,19H,13-14H2,1-3H3,(H,32,39)(H,35,38)(H,33,34,40). The van der Waals surface area contributed by atoms with Crippen LogP contribution >= 0.6 is 11.6 Å². The number of anilines is 2. The van der Waals surface area contributed by atoms with Gasteiger partial charge in [0, 0.05) is 23.1 Å². The summed E-state index contributed by atoms with van der Waals surface area (Å²) in [4.78, 5) is 43.1. The first-order valence-electron chi connectivity index (χ1n) is 12.9. The van der Waals surface area contributed by atoms with Crippen molar-refractivity contribution in [1.82, 2.24) is 20.1 Å². The zero-order valence-electron chi connectivity index (χ0n) is 22.4. The van der Waals surface area contributed by atoms with E-state index in [0.29, 0.717) is 28.6 Å². The molecule has 40 heavy (non-hydrogen) atoms. The topological polar surface area (TPSA) is 118 Å². The van der Waals surface area contributed by atoms with Crippen LogP contribution in [0.1, 0.15) is 54.5 Å². The third-order valence-corrected chi connectivity index (χ3v) is 6.61. The van der Waals surface area contributed by atoms with Crippen molar-refractivity contribution >= 4 is 41.0 Å². The van der Waals surface area contributed by atoms with Crippen LogP contribution in [0.3, 0.4) is 0 Å². The van der Waals surface area contributed by atoms with Crippen molar-refractivity contribution in [2.75, 3.05) is 10.6 Å². The molecule has 1 saturated carbocycles. The van der Waals surface area contributed by atoms with E-state index in [-0.39, 0.29) is 34.1 Å². The molecule has 5 rings (SSSR count). The zero-order valence-corrected chi connectivity index (χ0v) is 23.1. The quantitative estimate of drug-likeness (QED) is 0.269.